The topological polar surface area (TPSA) is 176 Å². The van der Waals surface area contributed by atoms with Crippen molar-refractivity contribution in [2.75, 3.05) is 42.9 Å². The predicted octanol–water partition coefficient (Wildman–Crippen LogP) is 3.52. The largest absolute Gasteiger partial charge is 0.489 e. The van der Waals surface area contributed by atoms with Crippen molar-refractivity contribution in [1.29, 1.82) is 0 Å². The van der Waals surface area contributed by atoms with Crippen LogP contribution < -0.4 is 20.3 Å². The van der Waals surface area contributed by atoms with E-state index in [1.165, 1.54) is 21.7 Å². The van der Waals surface area contributed by atoms with Gasteiger partial charge in [0, 0.05) is 56.1 Å². The second-order valence-electron chi connectivity index (χ2n) is 15.4. The smallest absolute Gasteiger partial charge is 0.262 e. The Balaban J connectivity index is 0.833. The van der Waals surface area contributed by atoms with Gasteiger partial charge in [0.25, 0.3) is 17.7 Å². The molecule has 9 rings (SSSR count). The number of rotatable bonds is 9. The molecule has 0 saturated carbocycles. The Morgan fingerprint density at radius 2 is 1.81 bits per heavy atom. The summed E-state index contributed by atoms with van der Waals surface area (Å²) in [5, 5.41) is 15.0. The van der Waals surface area contributed by atoms with Crippen LogP contribution in [0.1, 0.15) is 76.6 Å². The lowest BCUT2D eigenvalue weighted by atomic mass is 9.92. The molecule has 3 aromatic heterocycles. The number of carbonyl (C=O) groups excluding carboxylic acids is 5. The van der Waals surface area contributed by atoms with Gasteiger partial charge in [0.2, 0.25) is 11.8 Å². The minimum atomic E-state index is -1.62. The van der Waals surface area contributed by atoms with E-state index in [0.29, 0.717) is 54.1 Å². The van der Waals surface area contributed by atoms with E-state index < -0.39 is 41.2 Å². The molecule has 4 aliphatic rings. The van der Waals surface area contributed by atoms with Crippen LogP contribution in [0.5, 0.6) is 5.75 Å². The zero-order chi connectivity index (χ0) is 39.7. The second kappa shape index (κ2) is 13.7. The number of benzene rings is 2. The number of ether oxygens (including phenoxy) is 1. The number of halogens is 2. The van der Waals surface area contributed by atoms with Gasteiger partial charge >= 0.3 is 0 Å². The van der Waals surface area contributed by atoms with Gasteiger partial charge in [-0.25, -0.2) is 18.3 Å². The number of amides is 5. The fourth-order valence-corrected chi connectivity index (χ4v) is 8.26. The summed E-state index contributed by atoms with van der Waals surface area (Å²) in [6.07, 6.45) is 7.95. The predicted molar refractivity (Wildman–Crippen MR) is 200 cm³/mol. The van der Waals surface area contributed by atoms with Crippen molar-refractivity contribution >= 4 is 57.5 Å². The van der Waals surface area contributed by atoms with Crippen LogP contribution in [0, 0.1) is 5.82 Å². The Bertz CT molecular complexity index is 2500. The summed E-state index contributed by atoms with van der Waals surface area (Å²) < 4.78 is 40.9. The molecule has 0 aliphatic carbocycles. The molecule has 7 heterocycles. The third kappa shape index (κ3) is 6.52. The first-order valence-corrected chi connectivity index (χ1v) is 18.8. The highest BCUT2D eigenvalue weighted by atomic mass is 19.1. The minimum Gasteiger partial charge on any atom is -0.489 e. The lowest BCUT2D eigenvalue weighted by Crippen LogP contribution is -2.64. The number of imide groups is 2. The normalized spacial score (nSPS) is 20.1. The number of nitrogens with one attached hydrogen (secondary N) is 2. The summed E-state index contributed by atoms with van der Waals surface area (Å²) in [6, 6.07) is 6.48. The summed E-state index contributed by atoms with van der Waals surface area (Å²) in [7, 11) is 0. The summed E-state index contributed by atoms with van der Waals surface area (Å²) in [5.74, 6) is -3.46. The standard InChI is InChI=1S/C39H38F2N10O6/c1-21(2)57-32-15-28-22(12-29(32)44-35(53)26-16-43-49-9-3-8-42-34(26)49)17-50(46-28)23-6-10-47(11-7-23)18-39(41)19-48(20-39)31-14-25-24(13-27(31)40)37(55)51(38(25)56)30-4-5-33(52)45-36(30)54/h3,8-9,12-17,21,23,30H,4-7,10-11,18-20H2,1-2H3,(H,44,53)(H,45,52,54). The van der Waals surface area contributed by atoms with E-state index in [4.69, 9.17) is 9.84 Å². The molecule has 3 saturated heterocycles. The quantitative estimate of drug-likeness (QED) is 0.209. The molecule has 0 radical (unpaired) electrons. The van der Waals surface area contributed by atoms with Crippen LogP contribution in [0.25, 0.3) is 16.6 Å². The van der Waals surface area contributed by atoms with Crippen LogP contribution in [0.15, 0.2) is 55.1 Å². The SMILES string of the molecule is CC(C)Oc1cc2nn(C3CCN(CC4(F)CN(c5cc6c(cc5F)C(=O)N(C5CCC(=O)NC5=O)C6=O)C4)CC3)cc2cc1NC(=O)c1cnn2cccnc12. The lowest BCUT2D eigenvalue weighted by Gasteiger charge is -2.48. The molecule has 57 heavy (non-hydrogen) atoms. The van der Waals surface area contributed by atoms with Crippen molar-refractivity contribution in [2.45, 2.75) is 63.4 Å². The average Bonchev–Trinajstić information content (AvgIpc) is 3.85. The molecule has 0 spiro atoms. The number of likely N-dealkylation sites (tertiary alicyclic amines) is 1. The molecule has 3 fully saturated rings. The highest BCUT2D eigenvalue weighted by molar-refractivity contribution is 6.23. The molecular formula is C39H38F2N10O6. The van der Waals surface area contributed by atoms with Crippen LogP contribution in [-0.4, -0.2) is 114 Å². The molecule has 5 amide bonds. The maximum absolute atomic E-state index is 16.1. The van der Waals surface area contributed by atoms with E-state index >= 15 is 8.78 Å². The van der Waals surface area contributed by atoms with E-state index in [1.54, 1.807) is 18.5 Å². The van der Waals surface area contributed by atoms with Gasteiger partial charge in [0.15, 0.2) is 11.3 Å². The summed E-state index contributed by atoms with van der Waals surface area (Å²) in [6.45, 7) is 4.98. The third-order valence-electron chi connectivity index (χ3n) is 11.0. The van der Waals surface area contributed by atoms with E-state index in [-0.39, 0.29) is 67.3 Å². The Hall–Kier alpha value is -6.30. The number of alkyl halides is 1. The molecule has 18 heteroatoms. The van der Waals surface area contributed by atoms with Gasteiger partial charge in [-0.1, -0.05) is 0 Å². The highest BCUT2D eigenvalue weighted by Gasteiger charge is 2.49. The number of hydrogen-bond acceptors (Lipinski definition) is 11. The van der Waals surface area contributed by atoms with Gasteiger partial charge in [0.1, 0.15) is 23.2 Å². The van der Waals surface area contributed by atoms with Crippen molar-refractivity contribution in [3.8, 4) is 5.75 Å². The zero-order valence-corrected chi connectivity index (χ0v) is 31.1. The number of fused-ring (bicyclic) bond motifs is 3. The Labute approximate surface area is 323 Å². The van der Waals surface area contributed by atoms with E-state index in [0.717, 1.165) is 16.4 Å². The van der Waals surface area contributed by atoms with Gasteiger partial charge in [-0.05, 0) is 57.4 Å². The molecule has 16 nitrogen and oxygen atoms in total. The number of nitrogens with zero attached hydrogens (tertiary/aromatic N) is 8. The number of carbonyl (C=O) groups is 5. The van der Waals surface area contributed by atoms with Gasteiger partial charge < -0.3 is 15.0 Å². The van der Waals surface area contributed by atoms with Gasteiger partial charge in [0.05, 0.1) is 59.5 Å². The van der Waals surface area contributed by atoms with E-state index in [9.17, 15) is 24.0 Å². The number of aromatic nitrogens is 5. The van der Waals surface area contributed by atoms with Crippen LogP contribution in [0.4, 0.5) is 20.2 Å². The number of hydrogen-bond donors (Lipinski definition) is 2. The van der Waals surface area contributed by atoms with Crippen molar-refractivity contribution in [1.82, 2.24) is 39.5 Å². The van der Waals surface area contributed by atoms with Crippen molar-refractivity contribution < 1.29 is 37.5 Å². The molecule has 294 valence electrons. The van der Waals surface area contributed by atoms with Crippen LogP contribution in [-0.2, 0) is 9.59 Å². The minimum absolute atomic E-state index is 0.00918. The van der Waals surface area contributed by atoms with Crippen LogP contribution >= 0.6 is 0 Å². The molecule has 1 atom stereocenters. The van der Waals surface area contributed by atoms with Crippen molar-refractivity contribution in [3.05, 3.63) is 77.6 Å². The number of anilines is 2. The first kappa shape index (κ1) is 36.3. The van der Waals surface area contributed by atoms with Gasteiger partial charge in [-0.15, -0.1) is 0 Å². The maximum atomic E-state index is 16.1. The van der Waals surface area contributed by atoms with Gasteiger partial charge in [-0.3, -0.25) is 43.8 Å². The Morgan fingerprint density at radius 1 is 1.05 bits per heavy atom. The molecular weight excluding hydrogens is 742 g/mol. The van der Waals surface area contributed by atoms with Crippen LogP contribution in [0.3, 0.4) is 0 Å². The van der Waals surface area contributed by atoms with Crippen LogP contribution in [0.2, 0.25) is 0 Å². The average molecular weight is 781 g/mol. The first-order valence-electron chi connectivity index (χ1n) is 18.8. The molecule has 1 unspecified atom stereocenters. The highest BCUT2D eigenvalue weighted by Crippen LogP contribution is 2.39. The Morgan fingerprint density at radius 3 is 2.54 bits per heavy atom. The molecule has 2 aromatic carbocycles. The van der Waals surface area contributed by atoms with Crippen molar-refractivity contribution in [2.24, 2.45) is 0 Å². The van der Waals surface area contributed by atoms with Gasteiger partial charge in [-0.2, -0.15) is 10.2 Å². The molecule has 2 N–H and O–H groups in total. The first-order chi connectivity index (χ1) is 27.3. The van der Waals surface area contributed by atoms with E-state index in [1.807, 2.05) is 41.8 Å². The summed E-state index contributed by atoms with van der Waals surface area (Å²) in [5.41, 5.74) is 0.108. The molecule has 0 bridgehead atoms. The lowest BCUT2D eigenvalue weighted by molar-refractivity contribution is -0.136. The number of piperidine rings is 2. The van der Waals surface area contributed by atoms with E-state index in [2.05, 4.69) is 20.7 Å². The summed E-state index contributed by atoms with van der Waals surface area (Å²) >= 11 is 0. The summed E-state index contributed by atoms with van der Waals surface area (Å²) in [4.78, 5) is 72.3. The molecule has 5 aromatic rings. The second-order valence-corrected chi connectivity index (χ2v) is 15.4. The fourth-order valence-electron chi connectivity index (χ4n) is 8.26. The molecule has 4 aliphatic heterocycles. The van der Waals surface area contributed by atoms with Crippen molar-refractivity contribution in [3.63, 3.8) is 0 Å². The monoisotopic (exact) mass is 780 g/mol. The maximum Gasteiger partial charge on any atom is 0.262 e. The Kier molecular flexibility index (Phi) is 8.75. The zero-order valence-electron chi connectivity index (χ0n) is 31.1. The third-order valence-corrected chi connectivity index (χ3v) is 11.0. The fraction of sp³-hybridized carbons (Fsp3) is 0.385.